The van der Waals surface area contributed by atoms with Crippen LogP contribution in [0.4, 0.5) is 17.1 Å². The van der Waals surface area contributed by atoms with Crippen LogP contribution in [0.25, 0.3) is 0 Å². The number of aryl methyl sites for hydroxylation is 2. The summed E-state index contributed by atoms with van der Waals surface area (Å²) in [6.07, 6.45) is 6.02. The number of hydrogen-bond donors (Lipinski definition) is 4. The van der Waals surface area contributed by atoms with Gasteiger partial charge in [0.15, 0.2) is 5.78 Å². The Hall–Kier alpha value is -4.07. The van der Waals surface area contributed by atoms with E-state index in [1.165, 1.54) is 0 Å². The second-order valence-electron chi connectivity index (χ2n) is 8.28. The molecule has 0 fully saturated rings. The molecule has 0 saturated carbocycles. The molecule has 0 amide bonds. The Bertz CT molecular complexity index is 1360. The van der Waals surface area contributed by atoms with Crippen LogP contribution in [-0.2, 0) is 6.42 Å². The number of H-pyrrole nitrogens is 1. The highest BCUT2D eigenvalue weighted by Gasteiger charge is 2.26. The van der Waals surface area contributed by atoms with Gasteiger partial charge in [-0.1, -0.05) is 13.0 Å². The van der Waals surface area contributed by atoms with E-state index in [0.717, 1.165) is 17.7 Å². The third-order valence-electron chi connectivity index (χ3n) is 5.87. The number of nitrogens with one attached hydrogen (secondary N) is 3. The molecular weight excluding hydrogens is 434 g/mol. The van der Waals surface area contributed by atoms with E-state index in [-0.39, 0.29) is 46.6 Å². The van der Waals surface area contributed by atoms with Crippen LogP contribution in [-0.4, -0.2) is 15.9 Å². The van der Waals surface area contributed by atoms with Gasteiger partial charge in [-0.25, -0.2) is 0 Å². The molecule has 34 heavy (non-hydrogen) atoms. The lowest BCUT2D eigenvalue weighted by molar-refractivity contribution is 0.0977. The van der Waals surface area contributed by atoms with E-state index >= 15 is 0 Å². The van der Waals surface area contributed by atoms with E-state index in [1.807, 2.05) is 44.4 Å². The van der Waals surface area contributed by atoms with Crippen LogP contribution in [0.5, 0.6) is 5.75 Å². The van der Waals surface area contributed by atoms with Crippen molar-refractivity contribution >= 4 is 22.8 Å². The van der Waals surface area contributed by atoms with E-state index < -0.39 is 10.9 Å². The number of furan rings is 1. The zero-order chi connectivity index (χ0) is 24.2. The van der Waals surface area contributed by atoms with Crippen LogP contribution in [0.2, 0.25) is 0 Å². The Morgan fingerprint density at radius 1 is 1.12 bits per heavy atom. The molecule has 1 atom stereocenters. The molecule has 8 nitrogen and oxygen atoms in total. The Balaban J connectivity index is 1.49. The van der Waals surface area contributed by atoms with E-state index in [2.05, 4.69) is 15.6 Å². The van der Waals surface area contributed by atoms with Crippen LogP contribution in [0.3, 0.4) is 0 Å². The molecule has 8 heteroatoms. The standard InChI is InChI=1S/C26H27N3O5/c1-3-18(21-11-10-15(2)34-21)28-22-23(26(33)25(22)32)29-19-8-5-7-17(24(19)31)20(30)9-4-6-16-12-13-27-14-16/h5,7-8,10-14,18,27-29,31H,3-4,6,9H2,1-2H3/t18-/m1/s1. The van der Waals surface area contributed by atoms with Crippen LogP contribution in [0.15, 0.2) is 62.8 Å². The highest BCUT2D eigenvalue weighted by Crippen LogP contribution is 2.33. The summed E-state index contributed by atoms with van der Waals surface area (Å²) in [6, 6.07) is 10.1. The number of benzene rings is 1. The molecule has 4 aromatic rings. The Morgan fingerprint density at radius 2 is 1.91 bits per heavy atom. The van der Waals surface area contributed by atoms with Gasteiger partial charge in [0, 0.05) is 18.8 Å². The van der Waals surface area contributed by atoms with Crippen LogP contribution in [0, 0.1) is 6.92 Å². The first-order valence-corrected chi connectivity index (χ1v) is 11.3. The van der Waals surface area contributed by atoms with E-state index in [1.54, 1.807) is 18.2 Å². The van der Waals surface area contributed by atoms with Crippen LogP contribution in [0.1, 0.15) is 59.7 Å². The molecule has 176 valence electrons. The molecule has 2 aromatic heterocycles. The number of ketones is 1. The summed E-state index contributed by atoms with van der Waals surface area (Å²) < 4.78 is 5.66. The summed E-state index contributed by atoms with van der Waals surface area (Å²) in [4.78, 5) is 40.2. The van der Waals surface area contributed by atoms with Crippen LogP contribution < -0.4 is 21.5 Å². The van der Waals surface area contributed by atoms with Gasteiger partial charge in [-0.2, -0.15) is 0 Å². The number of para-hydroxylation sites is 1. The molecule has 0 saturated heterocycles. The van der Waals surface area contributed by atoms with Gasteiger partial charge < -0.3 is 25.1 Å². The Labute approximate surface area is 196 Å². The normalized spacial score (nSPS) is 12.1. The summed E-state index contributed by atoms with van der Waals surface area (Å²) in [5, 5.41) is 16.6. The van der Waals surface area contributed by atoms with E-state index in [9.17, 15) is 19.5 Å². The fourth-order valence-electron chi connectivity index (χ4n) is 3.94. The number of aromatic amines is 1. The molecule has 0 spiro atoms. The minimum absolute atomic E-state index is 0.0547. The highest BCUT2D eigenvalue weighted by molar-refractivity contribution is 6.00. The molecule has 0 unspecified atom stereocenters. The van der Waals surface area contributed by atoms with Gasteiger partial charge in [0.25, 0.3) is 10.9 Å². The summed E-state index contributed by atoms with van der Waals surface area (Å²) in [5.41, 5.74) is 0.338. The molecule has 0 bridgehead atoms. The number of hydrogen-bond acceptors (Lipinski definition) is 7. The number of carbonyl (C=O) groups excluding carboxylic acids is 1. The number of carbonyl (C=O) groups is 1. The Morgan fingerprint density at radius 3 is 2.59 bits per heavy atom. The van der Waals surface area contributed by atoms with Crippen molar-refractivity contribution in [2.24, 2.45) is 0 Å². The van der Waals surface area contributed by atoms with Crippen LogP contribution >= 0.6 is 0 Å². The summed E-state index contributed by atoms with van der Waals surface area (Å²) in [7, 11) is 0. The van der Waals surface area contributed by atoms with Crippen molar-refractivity contribution in [1.82, 2.24) is 4.98 Å². The van der Waals surface area contributed by atoms with Gasteiger partial charge >= 0.3 is 0 Å². The monoisotopic (exact) mass is 461 g/mol. The number of phenols is 1. The topological polar surface area (TPSA) is 124 Å². The van der Waals surface area contributed by atoms with Gasteiger partial charge in [0.05, 0.1) is 17.3 Å². The molecule has 4 N–H and O–H groups in total. The predicted molar refractivity (Wildman–Crippen MR) is 131 cm³/mol. The smallest absolute Gasteiger partial charge is 0.253 e. The average Bonchev–Trinajstić information content (AvgIpc) is 3.51. The molecule has 0 radical (unpaired) electrons. The SMILES string of the molecule is CC[C@@H](Nc1c(Nc2cccc(C(=O)CCCc3cc[nH]c3)c2O)c(=O)c1=O)c1ccc(C)o1. The molecule has 2 heterocycles. The predicted octanol–water partition coefficient (Wildman–Crippen LogP) is 4.73. The van der Waals surface area contributed by atoms with Gasteiger partial charge in [0.1, 0.15) is 28.6 Å². The van der Waals surface area contributed by atoms with Gasteiger partial charge in [-0.05, 0) is 62.1 Å². The van der Waals surface area contributed by atoms with Crippen molar-refractivity contribution in [3.63, 3.8) is 0 Å². The maximum Gasteiger partial charge on any atom is 0.253 e. The minimum Gasteiger partial charge on any atom is -0.505 e. The lowest BCUT2D eigenvalue weighted by atomic mass is 10.0. The second kappa shape index (κ2) is 9.82. The molecular formula is C26H27N3O5. The molecule has 4 rings (SSSR count). The van der Waals surface area contributed by atoms with Crippen molar-refractivity contribution in [3.05, 3.63) is 91.9 Å². The maximum absolute atomic E-state index is 12.7. The Kier molecular flexibility index (Phi) is 6.67. The molecule has 0 aliphatic carbocycles. The average molecular weight is 462 g/mol. The van der Waals surface area contributed by atoms with Crippen molar-refractivity contribution in [2.45, 2.75) is 45.6 Å². The zero-order valence-electron chi connectivity index (χ0n) is 19.1. The number of anilines is 3. The molecule has 0 aliphatic heterocycles. The minimum atomic E-state index is -0.685. The summed E-state index contributed by atoms with van der Waals surface area (Å²) in [5.74, 6) is 0.966. The zero-order valence-corrected chi connectivity index (χ0v) is 19.1. The van der Waals surface area contributed by atoms with Gasteiger partial charge in [0.2, 0.25) is 0 Å². The number of rotatable bonds is 11. The highest BCUT2D eigenvalue weighted by atomic mass is 16.3. The fraction of sp³-hybridized carbons (Fsp3) is 0.269. The maximum atomic E-state index is 12.7. The van der Waals surface area contributed by atoms with Crippen molar-refractivity contribution < 1.29 is 14.3 Å². The molecule has 0 aliphatic rings. The number of Topliss-reactive ketones (excluding diaryl/α,β-unsaturated/α-hetero) is 1. The summed E-state index contributed by atoms with van der Waals surface area (Å²) in [6.45, 7) is 3.77. The van der Waals surface area contributed by atoms with Crippen molar-refractivity contribution in [3.8, 4) is 5.75 Å². The molecule has 2 aromatic carbocycles. The number of aromatic hydroxyl groups is 1. The third kappa shape index (κ3) is 4.66. The van der Waals surface area contributed by atoms with Crippen molar-refractivity contribution in [2.75, 3.05) is 10.6 Å². The van der Waals surface area contributed by atoms with Gasteiger partial charge in [-0.3, -0.25) is 14.4 Å². The lowest BCUT2D eigenvalue weighted by Crippen LogP contribution is -2.37. The van der Waals surface area contributed by atoms with E-state index in [4.69, 9.17) is 4.42 Å². The summed E-state index contributed by atoms with van der Waals surface area (Å²) >= 11 is 0. The van der Waals surface area contributed by atoms with Crippen molar-refractivity contribution in [1.29, 1.82) is 0 Å². The van der Waals surface area contributed by atoms with E-state index in [0.29, 0.717) is 18.6 Å². The first kappa shape index (κ1) is 23.1. The second-order valence-corrected chi connectivity index (χ2v) is 8.28. The number of phenolic OH excluding ortho intramolecular Hbond substituents is 1. The quantitative estimate of drug-likeness (QED) is 0.145. The largest absolute Gasteiger partial charge is 0.505 e. The first-order valence-electron chi connectivity index (χ1n) is 11.3. The first-order chi connectivity index (χ1) is 16.4. The third-order valence-corrected chi connectivity index (χ3v) is 5.87. The number of aromatic nitrogens is 1. The lowest BCUT2D eigenvalue weighted by Gasteiger charge is -2.20. The fourth-order valence-corrected chi connectivity index (χ4v) is 3.94. The van der Waals surface area contributed by atoms with Gasteiger partial charge in [-0.15, -0.1) is 0 Å².